The first-order valence-electron chi connectivity index (χ1n) is 5.70. The Morgan fingerprint density at radius 3 is 2.63 bits per heavy atom. The molecule has 1 aromatic rings. The number of methoxy groups -OCH3 is 1. The zero-order valence-electron chi connectivity index (χ0n) is 10.9. The van der Waals surface area contributed by atoms with E-state index in [1.54, 1.807) is 12.1 Å². The van der Waals surface area contributed by atoms with Crippen LogP contribution in [0.15, 0.2) is 29.2 Å². The van der Waals surface area contributed by atoms with Gasteiger partial charge in [-0.3, -0.25) is 4.79 Å². The van der Waals surface area contributed by atoms with Crippen molar-refractivity contribution >= 4 is 21.4 Å². The Morgan fingerprint density at radius 1 is 1.42 bits per heavy atom. The minimum atomic E-state index is -3.40. The molecule has 106 valence electrons. The van der Waals surface area contributed by atoms with Crippen molar-refractivity contribution in [2.24, 2.45) is 5.73 Å². The van der Waals surface area contributed by atoms with Crippen molar-refractivity contribution in [2.45, 2.75) is 17.4 Å². The van der Waals surface area contributed by atoms with Gasteiger partial charge in [0.2, 0.25) is 5.91 Å². The number of hydrogen-bond acceptors (Lipinski definition) is 5. The van der Waals surface area contributed by atoms with Gasteiger partial charge in [0.05, 0.1) is 16.6 Å². The first kappa shape index (κ1) is 15.6. The SMILES string of the molecule is COCCC(N)C(=O)Nc1ccccc1S(C)(=O)=O. The van der Waals surface area contributed by atoms with Crippen LogP contribution in [0.5, 0.6) is 0 Å². The molecular formula is C12H18N2O4S. The highest BCUT2D eigenvalue weighted by atomic mass is 32.2. The zero-order valence-corrected chi connectivity index (χ0v) is 11.7. The van der Waals surface area contributed by atoms with E-state index in [0.717, 1.165) is 6.26 Å². The number of hydrogen-bond donors (Lipinski definition) is 2. The molecule has 1 rings (SSSR count). The molecular weight excluding hydrogens is 268 g/mol. The molecule has 0 aliphatic heterocycles. The second-order valence-electron chi connectivity index (χ2n) is 4.15. The van der Waals surface area contributed by atoms with Gasteiger partial charge in [0.25, 0.3) is 0 Å². The number of anilines is 1. The van der Waals surface area contributed by atoms with Gasteiger partial charge in [0.15, 0.2) is 9.84 Å². The molecule has 0 radical (unpaired) electrons. The van der Waals surface area contributed by atoms with E-state index in [0.29, 0.717) is 13.0 Å². The summed E-state index contributed by atoms with van der Waals surface area (Å²) in [6, 6.07) is 5.46. The normalized spacial score (nSPS) is 13.0. The van der Waals surface area contributed by atoms with Gasteiger partial charge < -0.3 is 15.8 Å². The van der Waals surface area contributed by atoms with E-state index >= 15 is 0 Å². The van der Waals surface area contributed by atoms with E-state index < -0.39 is 21.8 Å². The lowest BCUT2D eigenvalue weighted by Gasteiger charge is -2.13. The maximum Gasteiger partial charge on any atom is 0.241 e. The quantitative estimate of drug-likeness (QED) is 0.788. The van der Waals surface area contributed by atoms with Crippen molar-refractivity contribution in [1.82, 2.24) is 0 Å². The fourth-order valence-electron chi connectivity index (χ4n) is 1.49. The Kier molecular flexibility index (Phi) is 5.46. The summed E-state index contributed by atoms with van der Waals surface area (Å²) in [6.45, 7) is 0.363. The van der Waals surface area contributed by atoms with Gasteiger partial charge in [-0.25, -0.2) is 8.42 Å². The Hall–Kier alpha value is -1.44. The number of carbonyl (C=O) groups excluding carboxylic acids is 1. The number of benzene rings is 1. The smallest absolute Gasteiger partial charge is 0.241 e. The topological polar surface area (TPSA) is 98.5 Å². The summed E-state index contributed by atoms with van der Waals surface area (Å²) in [5.41, 5.74) is 5.91. The van der Waals surface area contributed by atoms with Crippen molar-refractivity contribution < 1.29 is 17.9 Å². The van der Waals surface area contributed by atoms with Crippen LogP contribution in [0.2, 0.25) is 0 Å². The molecule has 0 aliphatic carbocycles. The summed E-state index contributed by atoms with van der Waals surface area (Å²) in [4.78, 5) is 11.9. The predicted octanol–water partition coefficient (Wildman–Crippen LogP) is 0.392. The van der Waals surface area contributed by atoms with E-state index in [9.17, 15) is 13.2 Å². The molecule has 0 fully saturated rings. The number of nitrogens with one attached hydrogen (secondary N) is 1. The number of rotatable bonds is 6. The summed E-state index contributed by atoms with van der Waals surface area (Å²) in [6.07, 6.45) is 1.45. The van der Waals surface area contributed by atoms with Crippen molar-refractivity contribution in [3.05, 3.63) is 24.3 Å². The third-order valence-corrected chi connectivity index (χ3v) is 3.67. The molecule has 7 heteroatoms. The molecule has 0 saturated carbocycles. The molecule has 6 nitrogen and oxygen atoms in total. The number of amides is 1. The van der Waals surface area contributed by atoms with Gasteiger partial charge in [-0.05, 0) is 18.6 Å². The molecule has 3 N–H and O–H groups in total. The molecule has 1 unspecified atom stereocenters. The van der Waals surface area contributed by atoms with Gasteiger partial charge >= 0.3 is 0 Å². The third kappa shape index (κ3) is 4.62. The highest BCUT2D eigenvalue weighted by molar-refractivity contribution is 7.90. The standard InChI is InChI=1S/C12H18N2O4S/c1-18-8-7-9(13)12(15)14-10-5-3-4-6-11(10)19(2,16)17/h3-6,9H,7-8,13H2,1-2H3,(H,14,15). The number of sulfone groups is 1. The average Bonchev–Trinajstić information content (AvgIpc) is 2.35. The molecule has 1 atom stereocenters. The van der Waals surface area contributed by atoms with E-state index in [2.05, 4.69) is 5.32 Å². The summed E-state index contributed by atoms with van der Waals surface area (Å²) >= 11 is 0. The number of carbonyl (C=O) groups is 1. The molecule has 0 saturated heterocycles. The molecule has 19 heavy (non-hydrogen) atoms. The van der Waals surface area contributed by atoms with Crippen LogP contribution < -0.4 is 11.1 Å². The van der Waals surface area contributed by atoms with Crippen LogP contribution in [0.3, 0.4) is 0 Å². The van der Waals surface area contributed by atoms with Crippen LogP contribution >= 0.6 is 0 Å². The van der Waals surface area contributed by atoms with Crippen molar-refractivity contribution in [3.63, 3.8) is 0 Å². The molecule has 1 aromatic carbocycles. The Bertz CT molecular complexity index is 542. The molecule has 0 heterocycles. The number of ether oxygens (including phenoxy) is 1. The van der Waals surface area contributed by atoms with Crippen LogP contribution in [-0.2, 0) is 19.4 Å². The average molecular weight is 286 g/mol. The van der Waals surface area contributed by atoms with Crippen LogP contribution in [-0.4, -0.2) is 40.3 Å². The second-order valence-corrected chi connectivity index (χ2v) is 6.13. The third-order valence-electron chi connectivity index (χ3n) is 2.51. The molecule has 0 aliphatic rings. The first-order chi connectivity index (χ1) is 8.86. The maximum atomic E-state index is 11.8. The van der Waals surface area contributed by atoms with Crippen molar-refractivity contribution in [2.75, 3.05) is 25.3 Å². The van der Waals surface area contributed by atoms with E-state index in [4.69, 9.17) is 10.5 Å². The van der Waals surface area contributed by atoms with E-state index in [1.807, 2.05) is 0 Å². The number of nitrogens with two attached hydrogens (primary N) is 1. The highest BCUT2D eigenvalue weighted by Crippen LogP contribution is 2.20. The van der Waals surface area contributed by atoms with Crippen molar-refractivity contribution in [1.29, 1.82) is 0 Å². The molecule has 0 aromatic heterocycles. The second kappa shape index (κ2) is 6.65. The molecule has 1 amide bonds. The zero-order chi connectivity index (χ0) is 14.5. The van der Waals surface area contributed by atoms with Crippen LogP contribution in [0.25, 0.3) is 0 Å². The van der Waals surface area contributed by atoms with Gasteiger partial charge in [-0.2, -0.15) is 0 Å². The van der Waals surface area contributed by atoms with Gasteiger partial charge in [0.1, 0.15) is 0 Å². The first-order valence-corrected chi connectivity index (χ1v) is 7.60. The molecule has 0 spiro atoms. The maximum absolute atomic E-state index is 11.8. The fourth-order valence-corrected chi connectivity index (χ4v) is 2.34. The lowest BCUT2D eigenvalue weighted by atomic mass is 10.2. The lowest BCUT2D eigenvalue weighted by Crippen LogP contribution is -2.36. The van der Waals surface area contributed by atoms with Gasteiger partial charge in [-0.1, -0.05) is 12.1 Å². The van der Waals surface area contributed by atoms with Crippen molar-refractivity contribution in [3.8, 4) is 0 Å². The van der Waals surface area contributed by atoms with Gasteiger partial charge in [-0.15, -0.1) is 0 Å². The molecule has 0 bridgehead atoms. The summed E-state index contributed by atoms with van der Waals surface area (Å²) < 4.78 is 28.0. The Morgan fingerprint density at radius 2 is 2.05 bits per heavy atom. The number of para-hydroxylation sites is 1. The van der Waals surface area contributed by atoms with Crippen LogP contribution in [0.1, 0.15) is 6.42 Å². The summed E-state index contributed by atoms with van der Waals surface area (Å²) in [5.74, 6) is -0.437. The Labute approximate surface area is 112 Å². The predicted molar refractivity (Wildman–Crippen MR) is 72.6 cm³/mol. The summed E-state index contributed by atoms with van der Waals surface area (Å²) in [7, 11) is -1.88. The minimum Gasteiger partial charge on any atom is -0.385 e. The van der Waals surface area contributed by atoms with Gasteiger partial charge in [0, 0.05) is 20.0 Å². The minimum absolute atomic E-state index is 0.0716. The van der Waals surface area contributed by atoms with Crippen LogP contribution in [0.4, 0.5) is 5.69 Å². The van der Waals surface area contributed by atoms with E-state index in [-0.39, 0.29) is 10.6 Å². The largest absolute Gasteiger partial charge is 0.385 e. The highest BCUT2D eigenvalue weighted by Gasteiger charge is 2.18. The van der Waals surface area contributed by atoms with E-state index in [1.165, 1.54) is 19.2 Å². The Balaban J connectivity index is 2.86. The van der Waals surface area contributed by atoms with Crippen LogP contribution in [0, 0.1) is 0 Å². The fraction of sp³-hybridized carbons (Fsp3) is 0.417. The lowest BCUT2D eigenvalue weighted by molar-refractivity contribution is -0.117. The monoisotopic (exact) mass is 286 g/mol. The summed E-state index contributed by atoms with van der Waals surface area (Å²) in [5, 5.41) is 2.53.